The van der Waals surface area contributed by atoms with E-state index in [1.165, 1.54) is 38.6 Å². The van der Waals surface area contributed by atoms with E-state index in [4.69, 9.17) is 11.6 Å². The van der Waals surface area contributed by atoms with Gasteiger partial charge in [0.1, 0.15) is 5.75 Å². The van der Waals surface area contributed by atoms with Gasteiger partial charge >= 0.3 is 0 Å². The molecule has 3 heteroatoms. The van der Waals surface area contributed by atoms with Crippen LogP contribution in [0.15, 0.2) is 18.2 Å². The average Bonchev–Trinajstić information content (AvgIpc) is 2.71. The van der Waals surface area contributed by atoms with Crippen molar-refractivity contribution in [3.8, 4) is 5.75 Å². The lowest BCUT2D eigenvalue weighted by Crippen LogP contribution is -2.38. The van der Waals surface area contributed by atoms with Crippen LogP contribution >= 0.6 is 11.6 Å². The molecule has 98 valence electrons. The minimum atomic E-state index is 0.202. The van der Waals surface area contributed by atoms with Crippen LogP contribution in [0.25, 0.3) is 0 Å². The number of rotatable bonds is 3. The summed E-state index contributed by atoms with van der Waals surface area (Å²) in [5.74, 6) is 1.11. The van der Waals surface area contributed by atoms with Crippen molar-refractivity contribution in [1.29, 1.82) is 0 Å². The van der Waals surface area contributed by atoms with Crippen LogP contribution in [0.3, 0.4) is 0 Å². The Morgan fingerprint density at radius 2 is 2.06 bits per heavy atom. The number of phenols is 1. The maximum absolute atomic E-state index is 9.66. The van der Waals surface area contributed by atoms with E-state index in [1.54, 1.807) is 6.07 Å². The summed E-state index contributed by atoms with van der Waals surface area (Å²) in [6.45, 7) is 2.06. The molecule has 2 nitrogen and oxygen atoms in total. The Balaban J connectivity index is 1.73. The fourth-order valence-corrected chi connectivity index (χ4v) is 3.50. The van der Waals surface area contributed by atoms with Crippen molar-refractivity contribution in [2.24, 2.45) is 5.92 Å². The van der Waals surface area contributed by atoms with Crippen LogP contribution in [0.4, 0.5) is 0 Å². The lowest BCUT2D eigenvalue weighted by Gasteiger charge is -2.37. The van der Waals surface area contributed by atoms with Crippen molar-refractivity contribution in [3.05, 3.63) is 28.8 Å². The van der Waals surface area contributed by atoms with E-state index >= 15 is 0 Å². The third-order valence-corrected chi connectivity index (χ3v) is 4.98. The number of aromatic hydroxyl groups is 1. The summed E-state index contributed by atoms with van der Waals surface area (Å²) in [5, 5.41) is 10.2. The molecule has 1 N–H and O–H groups in total. The lowest BCUT2D eigenvalue weighted by atomic mass is 9.79. The quantitative estimate of drug-likeness (QED) is 0.898. The highest BCUT2D eigenvalue weighted by Gasteiger charge is 2.34. The standard InChI is InChI=1S/C15H20ClNO/c16-15-12(6-2-8-14(15)18)10-17-9-3-7-13(17)11-4-1-5-11/h2,6,8,11,13,18H,1,3-5,7,9-10H2. The van der Waals surface area contributed by atoms with Crippen molar-refractivity contribution in [1.82, 2.24) is 4.90 Å². The highest BCUT2D eigenvalue weighted by molar-refractivity contribution is 6.32. The van der Waals surface area contributed by atoms with Gasteiger partial charge in [-0.25, -0.2) is 0 Å². The van der Waals surface area contributed by atoms with Crippen molar-refractivity contribution in [2.45, 2.75) is 44.7 Å². The van der Waals surface area contributed by atoms with Crippen molar-refractivity contribution >= 4 is 11.6 Å². The van der Waals surface area contributed by atoms with E-state index in [0.717, 1.165) is 24.1 Å². The number of halogens is 1. The molecule has 0 bridgehead atoms. The Kier molecular flexibility index (Phi) is 3.49. The Labute approximate surface area is 114 Å². The molecule has 1 aliphatic carbocycles. The Hall–Kier alpha value is -0.730. The van der Waals surface area contributed by atoms with Gasteiger partial charge in [-0.2, -0.15) is 0 Å². The largest absolute Gasteiger partial charge is 0.506 e. The van der Waals surface area contributed by atoms with Crippen LogP contribution in [0, 0.1) is 5.92 Å². The minimum Gasteiger partial charge on any atom is -0.506 e. The molecule has 1 aromatic rings. The lowest BCUT2D eigenvalue weighted by molar-refractivity contribution is 0.126. The first-order chi connectivity index (χ1) is 8.75. The van der Waals surface area contributed by atoms with Gasteiger partial charge in [0.2, 0.25) is 0 Å². The van der Waals surface area contributed by atoms with E-state index < -0.39 is 0 Å². The molecule has 2 fully saturated rings. The summed E-state index contributed by atoms with van der Waals surface area (Å²) >= 11 is 6.17. The molecule has 2 aliphatic rings. The molecule has 1 saturated carbocycles. The fraction of sp³-hybridized carbons (Fsp3) is 0.600. The Morgan fingerprint density at radius 1 is 1.22 bits per heavy atom. The first kappa shape index (κ1) is 12.3. The monoisotopic (exact) mass is 265 g/mol. The van der Waals surface area contributed by atoms with Crippen LogP contribution in [0.1, 0.15) is 37.7 Å². The summed E-state index contributed by atoms with van der Waals surface area (Å²) < 4.78 is 0. The number of likely N-dealkylation sites (tertiary alicyclic amines) is 1. The van der Waals surface area contributed by atoms with E-state index in [2.05, 4.69) is 4.90 Å². The molecule has 0 spiro atoms. The predicted molar refractivity (Wildman–Crippen MR) is 73.9 cm³/mol. The molecule has 1 unspecified atom stereocenters. The van der Waals surface area contributed by atoms with Crippen molar-refractivity contribution < 1.29 is 5.11 Å². The predicted octanol–water partition coefficient (Wildman–Crippen LogP) is 3.81. The second-order valence-electron chi connectivity index (χ2n) is 5.62. The number of nitrogens with zero attached hydrogens (tertiary/aromatic N) is 1. The van der Waals surface area contributed by atoms with Gasteiger partial charge in [0.25, 0.3) is 0 Å². The van der Waals surface area contributed by atoms with Crippen molar-refractivity contribution in [3.63, 3.8) is 0 Å². The Morgan fingerprint density at radius 3 is 2.78 bits per heavy atom. The molecule has 1 aliphatic heterocycles. The summed E-state index contributed by atoms with van der Waals surface area (Å²) in [6.07, 6.45) is 6.84. The zero-order chi connectivity index (χ0) is 12.5. The third-order valence-electron chi connectivity index (χ3n) is 4.54. The number of hydrogen-bond donors (Lipinski definition) is 1. The minimum absolute atomic E-state index is 0.202. The van der Waals surface area contributed by atoms with Gasteiger partial charge in [-0.15, -0.1) is 0 Å². The van der Waals surface area contributed by atoms with Gasteiger partial charge in [0, 0.05) is 12.6 Å². The van der Waals surface area contributed by atoms with Crippen LogP contribution in [-0.4, -0.2) is 22.6 Å². The normalized spacial score (nSPS) is 25.3. The van der Waals surface area contributed by atoms with Gasteiger partial charge in [-0.05, 0) is 49.8 Å². The molecule has 1 atom stereocenters. The summed E-state index contributed by atoms with van der Waals surface area (Å²) in [5.41, 5.74) is 1.06. The fourth-order valence-electron chi connectivity index (χ4n) is 3.31. The van der Waals surface area contributed by atoms with Gasteiger partial charge in [0.05, 0.1) is 5.02 Å². The van der Waals surface area contributed by atoms with Gasteiger partial charge in [-0.3, -0.25) is 4.90 Å². The zero-order valence-electron chi connectivity index (χ0n) is 10.6. The molecule has 1 heterocycles. The number of hydrogen-bond acceptors (Lipinski definition) is 2. The van der Waals surface area contributed by atoms with Crippen LogP contribution in [0.2, 0.25) is 5.02 Å². The molecule has 1 saturated heterocycles. The highest BCUT2D eigenvalue weighted by Crippen LogP contribution is 2.38. The van der Waals surface area contributed by atoms with E-state index in [-0.39, 0.29) is 5.75 Å². The van der Waals surface area contributed by atoms with Crippen molar-refractivity contribution in [2.75, 3.05) is 6.54 Å². The van der Waals surface area contributed by atoms with Gasteiger partial charge in [-0.1, -0.05) is 30.2 Å². The van der Waals surface area contributed by atoms with Gasteiger partial charge < -0.3 is 5.11 Å². The smallest absolute Gasteiger partial charge is 0.134 e. The van der Waals surface area contributed by atoms with Crippen LogP contribution < -0.4 is 0 Å². The maximum atomic E-state index is 9.66. The topological polar surface area (TPSA) is 23.5 Å². The average molecular weight is 266 g/mol. The maximum Gasteiger partial charge on any atom is 0.134 e. The van der Waals surface area contributed by atoms with Crippen LogP contribution in [0.5, 0.6) is 5.75 Å². The van der Waals surface area contributed by atoms with E-state index in [0.29, 0.717) is 5.02 Å². The first-order valence-corrected chi connectivity index (χ1v) is 7.34. The summed E-state index contributed by atoms with van der Waals surface area (Å²) in [6, 6.07) is 6.31. The molecule has 0 amide bonds. The summed E-state index contributed by atoms with van der Waals surface area (Å²) in [4.78, 5) is 2.56. The van der Waals surface area contributed by atoms with E-state index in [1.807, 2.05) is 12.1 Å². The highest BCUT2D eigenvalue weighted by atomic mass is 35.5. The molecular weight excluding hydrogens is 246 g/mol. The van der Waals surface area contributed by atoms with Crippen LogP contribution in [-0.2, 0) is 6.54 Å². The molecule has 1 aromatic carbocycles. The number of phenolic OH excluding ortho intramolecular Hbond substituents is 1. The molecule has 18 heavy (non-hydrogen) atoms. The third kappa shape index (κ3) is 2.24. The Bertz CT molecular complexity index is 431. The molecule has 3 rings (SSSR count). The first-order valence-electron chi connectivity index (χ1n) is 6.96. The summed E-state index contributed by atoms with van der Waals surface area (Å²) in [7, 11) is 0. The molecule has 0 aromatic heterocycles. The number of benzene rings is 1. The second kappa shape index (κ2) is 5.10. The SMILES string of the molecule is Oc1cccc(CN2CCCC2C2CCC2)c1Cl. The zero-order valence-corrected chi connectivity index (χ0v) is 11.4. The van der Waals surface area contributed by atoms with E-state index in [9.17, 15) is 5.11 Å². The second-order valence-corrected chi connectivity index (χ2v) is 6.00. The molecule has 0 radical (unpaired) electrons. The molecular formula is C15H20ClNO. The van der Waals surface area contributed by atoms with Gasteiger partial charge in [0.15, 0.2) is 0 Å².